The van der Waals surface area contributed by atoms with Gasteiger partial charge in [0.2, 0.25) is 0 Å². The number of ketones is 1. The lowest BCUT2D eigenvalue weighted by Gasteiger charge is -2.22. The average molecular weight is 482 g/mol. The minimum atomic E-state index is -3.97. The van der Waals surface area contributed by atoms with Gasteiger partial charge in [0.25, 0.3) is 0 Å². The Labute approximate surface area is 185 Å². The summed E-state index contributed by atoms with van der Waals surface area (Å²) < 4.78 is 27.3. The molecule has 2 unspecified atom stereocenters. The van der Waals surface area contributed by atoms with Crippen molar-refractivity contribution in [2.24, 2.45) is 0 Å². The van der Waals surface area contributed by atoms with Gasteiger partial charge < -0.3 is 0 Å². The molecule has 3 aromatic rings. The molecule has 0 heterocycles. The molecule has 0 aliphatic carbocycles. The first kappa shape index (κ1) is 21.9. The van der Waals surface area contributed by atoms with Gasteiger partial charge in [-0.15, -0.1) is 0 Å². The van der Waals surface area contributed by atoms with Gasteiger partial charge in [-0.05, 0) is 36.8 Å². The number of halogens is 1. The van der Waals surface area contributed by atoms with E-state index in [0.29, 0.717) is 11.1 Å². The summed E-state index contributed by atoms with van der Waals surface area (Å²) in [6.07, 6.45) is -0.0934. The maximum absolute atomic E-state index is 13.3. The van der Waals surface area contributed by atoms with Gasteiger partial charge in [-0.25, -0.2) is 8.42 Å². The third kappa shape index (κ3) is 4.86. The van der Waals surface area contributed by atoms with Crippen molar-refractivity contribution in [3.63, 3.8) is 0 Å². The summed E-state index contributed by atoms with van der Waals surface area (Å²) in [5.74, 6) is -1.02. The molecular weight excluding hydrogens is 462 g/mol. The summed E-state index contributed by atoms with van der Waals surface area (Å²) in [6.45, 7) is 1.93. The molecule has 0 N–H and O–H groups in total. The quantitative estimate of drug-likeness (QED) is 0.418. The zero-order valence-corrected chi connectivity index (χ0v) is 18.7. The van der Waals surface area contributed by atoms with E-state index in [2.05, 4.69) is 15.9 Å². The summed E-state index contributed by atoms with van der Waals surface area (Å²) in [6, 6.07) is 24.1. The number of carbonyl (C=O) groups excluding carboxylic acids is 1. The van der Waals surface area contributed by atoms with E-state index in [4.69, 9.17) is 0 Å². The van der Waals surface area contributed by atoms with Crippen molar-refractivity contribution >= 4 is 31.6 Å². The number of nitriles is 1. The SMILES string of the molecule is Cc1ccc(C(=O)CC(c2cccc(Br)c2)C(C#N)S(=O)(=O)c2ccccc2)cc1. The van der Waals surface area contributed by atoms with Gasteiger partial charge in [0.1, 0.15) is 0 Å². The molecule has 0 aliphatic rings. The summed E-state index contributed by atoms with van der Waals surface area (Å²) in [5.41, 5.74) is 2.14. The van der Waals surface area contributed by atoms with Crippen LogP contribution in [0.4, 0.5) is 0 Å². The van der Waals surface area contributed by atoms with Crippen molar-refractivity contribution in [2.45, 2.75) is 29.4 Å². The third-order valence-electron chi connectivity index (χ3n) is 4.95. The van der Waals surface area contributed by atoms with Crippen LogP contribution in [0, 0.1) is 18.3 Å². The van der Waals surface area contributed by atoms with E-state index in [1.807, 2.05) is 31.2 Å². The topological polar surface area (TPSA) is 75.0 Å². The zero-order chi connectivity index (χ0) is 21.7. The predicted octanol–water partition coefficient (Wildman–Crippen LogP) is 5.48. The Kier molecular flexibility index (Phi) is 6.86. The van der Waals surface area contributed by atoms with Gasteiger partial charge >= 0.3 is 0 Å². The molecule has 0 saturated heterocycles. The Bertz CT molecular complexity index is 1180. The number of benzene rings is 3. The second-order valence-electron chi connectivity index (χ2n) is 7.06. The van der Waals surface area contributed by atoms with Crippen LogP contribution < -0.4 is 0 Å². The molecule has 0 aromatic heterocycles. The fourth-order valence-electron chi connectivity index (χ4n) is 3.33. The van der Waals surface area contributed by atoms with Crippen molar-refractivity contribution in [2.75, 3.05) is 0 Å². The molecule has 0 spiro atoms. The maximum Gasteiger partial charge on any atom is 0.195 e. The van der Waals surface area contributed by atoms with Crippen molar-refractivity contribution < 1.29 is 13.2 Å². The van der Waals surface area contributed by atoms with Crippen molar-refractivity contribution in [3.05, 3.63) is 100 Å². The fourth-order valence-corrected chi connectivity index (χ4v) is 5.40. The van der Waals surface area contributed by atoms with Crippen LogP contribution in [-0.2, 0) is 9.84 Å². The highest BCUT2D eigenvalue weighted by Crippen LogP contribution is 2.33. The second-order valence-corrected chi connectivity index (χ2v) is 10.0. The highest BCUT2D eigenvalue weighted by Gasteiger charge is 2.37. The molecule has 0 aliphatic heterocycles. The van der Waals surface area contributed by atoms with Crippen LogP contribution in [0.15, 0.2) is 88.2 Å². The van der Waals surface area contributed by atoms with Crippen molar-refractivity contribution in [3.8, 4) is 6.07 Å². The molecule has 0 saturated carbocycles. The molecule has 4 nitrogen and oxygen atoms in total. The first-order chi connectivity index (χ1) is 14.3. The summed E-state index contributed by atoms with van der Waals surface area (Å²) in [5, 5.41) is 8.49. The van der Waals surface area contributed by atoms with Gasteiger partial charge in [-0.3, -0.25) is 4.79 Å². The van der Waals surface area contributed by atoms with Crippen molar-refractivity contribution in [1.29, 1.82) is 5.26 Å². The zero-order valence-electron chi connectivity index (χ0n) is 16.3. The van der Waals surface area contributed by atoms with E-state index in [9.17, 15) is 18.5 Å². The summed E-state index contributed by atoms with van der Waals surface area (Å²) in [7, 11) is -3.97. The number of carbonyl (C=O) groups is 1. The smallest absolute Gasteiger partial charge is 0.195 e. The minimum absolute atomic E-state index is 0.0688. The largest absolute Gasteiger partial charge is 0.294 e. The standard InChI is InChI=1S/C24H20BrNO3S/c1-17-10-12-18(13-11-17)23(27)15-22(19-6-5-7-20(25)14-19)24(16-26)30(28,29)21-8-3-2-4-9-21/h2-14,22,24H,15H2,1H3. The molecule has 0 fully saturated rings. The molecule has 30 heavy (non-hydrogen) atoms. The van der Waals surface area contributed by atoms with E-state index in [1.54, 1.807) is 48.5 Å². The van der Waals surface area contributed by atoms with Crippen LogP contribution in [0.3, 0.4) is 0 Å². The Morgan fingerprint density at radius 3 is 2.27 bits per heavy atom. The normalized spacial score (nSPS) is 13.2. The van der Waals surface area contributed by atoms with E-state index >= 15 is 0 Å². The van der Waals surface area contributed by atoms with Crippen LogP contribution in [0.2, 0.25) is 0 Å². The van der Waals surface area contributed by atoms with Gasteiger partial charge in [-0.1, -0.05) is 76.1 Å². The monoisotopic (exact) mass is 481 g/mol. The number of rotatable bonds is 7. The minimum Gasteiger partial charge on any atom is -0.294 e. The van der Waals surface area contributed by atoms with E-state index < -0.39 is 21.0 Å². The summed E-state index contributed by atoms with van der Waals surface area (Å²) in [4.78, 5) is 13.1. The number of hydrogen-bond donors (Lipinski definition) is 0. The predicted molar refractivity (Wildman–Crippen MR) is 120 cm³/mol. The van der Waals surface area contributed by atoms with Gasteiger partial charge in [0, 0.05) is 22.4 Å². The summed E-state index contributed by atoms with van der Waals surface area (Å²) >= 11 is 3.40. The Morgan fingerprint density at radius 2 is 1.67 bits per heavy atom. The van der Waals surface area contributed by atoms with Crippen LogP contribution in [-0.4, -0.2) is 19.5 Å². The molecule has 6 heteroatoms. The maximum atomic E-state index is 13.3. The molecule has 0 bridgehead atoms. The second kappa shape index (κ2) is 9.38. The number of aryl methyl sites for hydroxylation is 1. The lowest BCUT2D eigenvalue weighted by Crippen LogP contribution is -2.29. The molecule has 2 atom stereocenters. The van der Waals surface area contributed by atoms with Gasteiger partial charge in [0.05, 0.1) is 11.0 Å². The average Bonchev–Trinajstić information content (AvgIpc) is 2.74. The number of sulfone groups is 1. The Balaban J connectivity index is 2.05. The third-order valence-corrected chi connectivity index (χ3v) is 7.48. The van der Waals surface area contributed by atoms with E-state index in [-0.39, 0.29) is 17.1 Å². The highest BCUT2D eigenvalue weighted by atomic mass is 79.9. The molecule has 152 valence electrons. The lowest BCUT2D eigenvalue weighted by molar-refractivity contribution is 0.0974. The Hall–Kier alpha value is -2.75. The van der Waals surface area contributed by atoms with Crippen LogP contribution in [0.1, 0.15) is 33.8 Å². The van der Waals surface area contributed by atoms with Crippen LogP contribution in [0.25, 0.3) is 0 Å². The number of nitrogens with zero attached hydrogens (tertiary/aromatic N) is 1. The van der Waals surface area contributed by atoms with Crippen LogP contribution >= 0.6 is 15.9 Å². The lowest BCUT2D eigenvalue weighted by atomic mass is 9.89. The molecule has 3 aromatic carbocycles. The first-order valence-corrected chi connectivity index (χ1v) is 11.7. The molecule has 0 radical (unpaired) electrons. The molecule has 0 amide bonds. The van der Waals surface area contributed by atoms with E-state index in [1.165, 1.54) is 12.1 Å². The molecule has 3 rings (SSSR count). The number of hydrogen-bond acceptors (Lipinski definition) is 4. The van der Waals surface area contributed by atoms with Crippen molar-refractivity contribution in [1.82, 2.24) is 0 Å². The fraction of sp³-hybridized carbons (Fsp3) is 0.167. The Morgan fingerprint density at radius 1 is 1.00 bits per heavy atom. The highest BCUT2D eigenvalue weighted by molar-refractivity contribution is 9.10. The van der Waals surface area contributed by atoms with Gasteiger partial charge in [-0.2, -0.15) is 5.26 Å². The van der Waals surface area contributed by atoms with Crippen LogP contribution in [0.5, 0.6) is 0 Å². The first-order valence-electron chi connectivity index (χ1n) is 9.37. The van der Waals surface area contributed by atoms with E-state index in [0.717, 1.165) is 10.0 Å². The molecular formula is C24H20BrNO3S. The number of Topliss-reactive ketones (excluding diaryl/α,β-unsaturated/α-hetero) is 1. The van der Waals surface area contributed by atoms with Gasteiger partial charge in [0.15, 0.2) is 20.9 Å².